The van der Waals surface area contributed by atoms with E-state index in [1.165, 1.54) is 11.3 Å². The number of aryl methyl sites for hydroxylation is 2. The Kier molecular flexibility index (Phi) is 4.16. The van der Waals surface area contributed by atoms with Gasteiger partial charge < -0.3 is 10.1 Å². The predicted octanol–water partition coefficient (Wildman–Crippen LogP) is 1.97. The number of hydrogen-bond donors (Lipinski definition) is 1. The average Bonchev–Trinajstić information content (AvgIpc) is 2.93. The zero-order valence-electron chi connectivity index (χ0n) is 11.1. The molecule has 2 rings (SSSR count). The minimum Gasteiger partial charge on any atom is -0.461 e. The van der Waals surface area contributed by atoms with Gasteiger partial charge in [-0.3, -0.25) is 4.68 Å². The van der Waals surface area contributed by atoms with E-state index in [0.717, 1.165) is 10.6 Å². The van der Waals surface area contributed by atoms with Crippen LogP contribution in [0.3, 0.4) is 0 Å². The molecule has 0 unspecified atom stereocenters. The van der Waals surface area contributed by atoms with Crippen LogP contribution in [0, 0.1) is 6.92 Å². The fraction of sp³-hybridized carbons (Fsp3) is 0.417. The Hall–Kier alpha value is -1.89. The summed E-state index contributed by atoms with van der Waals surface area (Å²) in [4.78, 5) is 16.7. The molecule has 0 saturated carbocycles. The van der Waals surface area contributed by atoms with Gasteiger partial charge in [0.25, 0.3) is 0 Å². The quantitative estimate of drug-likeness (QED) is 0.848. The van der Waals surface area contributed by atoms with Gasteiger partial charge in [-0.15, -0.1) is 11.3 Å². The van der Waals surface area contributed by atoms with Gasteiger partial charge >= 0.3 is 5.97 Å². The number of esters is 1. The SMILES string of the molecule is CCOC(=O)c1nc(NCc2ccn(C)n2)sc1C. The summed E-state index contributed by atoms with van der Waals surface area (Å²) in [6.07, 6.45) is 1.88. The first-order valence-corrected chi connectivity index (χ1v) is 6.78. The second kappa shape index (κ2) is 5.83. The second-order valence-corrected chi connectivity index (χ2v) is 5.18. The largest absolute Gasteiger partial charge is 0.461 e. The molecule has 0 aliphatic heterocycles. The number of anilines is 1. The van der Waals surface area contributed by atoms with Gasteiger partial charge in [0, 0.05) is 18.1 Å². The smallest absolute Gasteiger partial charge is 0.358 e. The van der Waals surface area contributed by atoms with E-state index in [1.807, 2.05) is 26.2 Å². The zero-order chi connectivity index (χ0) is 13.8. The first-order valence-electron chi connectivity index (χ1n) is 5.97. The van der Waals surface area contributed by atoms with Crippen LogP contribution >= 0.6 is 11.3 Å². The Labute approximate surface area is 115 Å². The van der Waals surface area contributed by atoms with Crippen molar-refractivity contribution in [3.63, 3.8) is 0 Å². The molecule has 0 aliphatic rings. The molecular formula is C12H16N4O2S. The van der Waals surface area contributed by atoms with Crippen LogP contribution in [-0.2, 0) is 18.3 Å². The van der Waals surface area contributed by atoms with Gasteiger partial charge in [0.05, 0.1) is 18.8 Å². The normalized spacial score (nSPS) is 10.5. The number of carbonyl (C=O) groups is 1. The Balaban J connectivity index is 2.01. The molecule has 7 heteroatoms. The van der Waals surface area contributed by atoms with Crippen LogP contribution in [-0.4, -0.2) is 27.3 Å². The van der Waals surface area contributed by atoms with Gasteiger partial charge in [0.1, 0.15) is 0 Å². The number of thiazole rings is 1. The van der Waals surface area contributed by atoms with Crippen molar-refractivity contribution in [1.82, 2.24) is 14.8 Å². The van der Waals surface area contributed by atoms with Crippen molar-refractivity contribution in [2.75, 3.05) is 11.9 Å². The van der Waals surface area contributed by atoms with E-state index < -0.39 is 0 Å². The lowest BCUT2D eigenvalue weighted by molar-refractivity contribution is 0.0519. The molecule has 0 aliphatic carbocycles. The first kappa shape index (κ1) is 13.5. The lowest BCUT2D eigenvalue weighted by Gasteiger charge is -1.99. The summed E-state index contributed by atoms with van der Waals surface area (Å²) in [6.45, 7) is 4.57. The minimum absolute atomic E-state index is 0.354. The highest BCUT2D eigenvalue weighted by Gasteiger charge is 2.16. The second-order valence-electron chi connectivity index (χ2n) is 3.98. The number of nitrogens with zero attached hydrogens (tertiary/aromatic N) is 3. The van der Waals surface area contributed by atoms with Crippen molar-refractivity contribution in [2.45, 2.75) is 20.4 Å². The first-order chi connectivity index (χ1) is 9.10. The molecule has 0 amide bonds. The number of ether oxygens (including phenoxy) is 1. The maximum atomic E-state index is 11.6. The molecule has 2 heterocycles. The molecule has 19 heavy (non-hydrogen) atoms. The number of aromatic nitrogens is 3. The summed E-state index contributed by atoms with van der Waals surface area (Å²) in [5, 5.41) is 8.12. The summed E-state index contributed by atoms with van der Waals surface area (Å²) < 4.78 is 6.69. The summed E-state index contributed by atoms with van der Waals surface area (Å²) in [7, 11) is 1.87. The molecule has 0 bridgehead atoms. The molecule has 102 valence electrons. The van der Waals surface area contributed by atoms with Gasteiger partial charge in [-0.25, -0.2) is 9.78 Å². The zero-order valence-corrected chi connectivity index (χ0v) is 12.0. The topological polar surface area (TPSA) is 69.0 Å². The summed E-state index contributed by atoms with van der Waals surface area (Å²) in [6, 6.07) is 1.93. The van der Waals surface area contributed by atoms with Gasteiger partial charge in [-0.1, -0.05) is 0 Å². The monoisotopic (exact) mass is 280 g/mol. The van der Waals surface area contributed by atoms with E-state index >= 15 is 0 Å². The predicted molar refractivity (Wildman–Crippen MR) is 73.3 cm³/mol. The van der Waals surface area contributed by atoms with E-state index in [9.17, 15) is 4.79 Å². The molecule has 0 aromatic carbocycles. The molecule has 6 nitrogen and oxygen atoms in total. The summed E-state index contributed by atoms with van der Waals surface area (Å²) in [5.74, 6) is -0.373. The third-order valence-electron chi connectivity index (χ3n) is 2.45. The number of carbonyl (C=O) groups excluding carboxylic acids is 1. The molecule has 0 atom stereocenters. The van der Waals surface area contributed by atoms with Crippen LogP contribution in [0.1, 0.15) is 28.0 Å². The Bertz CT molecular complexity index is 576. The lowest BCUT2D eigenvalue weighted by Crippen LogP contribution is -2.07. The van der Waals surface area contributed by atoms with Gasteiger partial charge in [0.15, 0.2) is 10.8 Å². The highest BCUT2D eigenvalue weighted by Crippen LogP contribution is 2.23. The Morgan fingerprint density at radius 1 is 1.58 bits per heavy atom. The van der Waals surface area contributed by atoms with Gasteiger partial charge in [0.2, 0.25) is 0 Å². The summed E-state index contributed by atoms with van der Waals surface area (Å²) in [5.41, 5.74) is 1.31. The molecule has 2 aromatic heterocycles. The lowest BCUT2D eigenvalue weighted by atomic mass is 10.4. The van der Waals surface area contributed by atoms with Crippen LogP contribution < -0.4 is 5.32 Å². The van der Waals surface area contributed by atoms with E-state index in [2.05, 4.69) is 15.4 Å². The molecular weight excluding hydrogens is 264 g/mol. The third-order valence-corrected chi connectivity index (χ3v) is 3.38. The fourth-order valence-electron chi connectivity index (χ4n) is 1.58. The summed E-state index contributed by atoms with van der Waals surface area (Å²) >= 11 is 1.44. The maximum Gasteiger partial charge on any atom is 0.358 e. The Morgan fingerprint density at radius 2 is 2.37 bits per heavy atom. The Morgan fingerprint density at radius 3 is 3.00 bits per heavy atom. The third kappa shape index (κ3) is 3.31. The van der Waals surface area contributed by atoms with Crippen LogP contribution in [0.25, 0.3) is 0 Å². The number of rotatable bonds is 5. The molecule has 1 N–H and O–H groups in total. The molecule has 0 spiro atoms. The van der Waals surface area contributed by atoms with Crippen molar-refractivity contribution in [1.29, 1.82) is 0 Å². The minimum atomic E-state index is -0.373. The van der Waals surface area contributed by atoms with Gasteiger partial charge in [-0.05, 0) is 19.9 Å². The molecule has 0 fully saturated rings. The van der Waals surface area contributed by atoms with Crippen LogP contribution in [0.4, 0.5) is 5.13 Å². The van der Waals surface area contributed by atoms with Crippen molar-refractivity contribution in [3.05, 3.63) is 28.5 Å². The molecule has 0 saturated heterocycles. The average molecular weight is 280 g/mol. The van der Waals surface area contributed by atoms with Crippen LogP contribution in [0.5, 0.6) is 0 Å². The van der Waals surface area contributed by atoms with Crippen molar-refractivity contribution >= 4 is 22.4 Å². The number of nitrogens with one attached hydrogen (secondary N) is 1. The van der Waals surface area contributed by atoms with E-state index in [1.54, 1.807) is 11.6 Å². The standard InChI is InChI=1S/C12H16N4O2S/c1-4-18-11(17)10-8(2)19-12(14-10)13-7-9-5-6-16(3)15-9/h5-6H,4,7H2,1-3H3,(H,13,14). The number of hydrogen-bond acceptors (Lipinski definition) is 6. The van der Waals surface area contributed by atoms with E-state index in [4.69, 9.17) is 4.74 Å². The highest BCUT2D eigenvalue weighted by atomic mass is 32.1. The molecule has 0 radical (unpaired) electrons. The maximum absolute atomic E-state index is 11.6. The highest BCUT2D eigenvalue weighted by molar-refractivity contribution is 7.15. The molecule has 2 aromatic rings. The van der Waals surface area contributed by atoms with E-state index in [-0.39, 0.29) is 5.97 Å². The van der Waals surface area contributed by atoms with Crippen LogP contribution in [0.2, 0.25) is 0 Å². The van der Waals surface area contributed by atoms with Crippen LogP contribution in [0.15, 0.2) is 12.3 Å². The fourth-order valence-corrected chi connectivity index (χ4v) is 2.38. The van der Waals surface area contributed by atoms with Crippen molar-refractivity contribution in [3.8, 4) is 0 Å². The van der Waals surface area contributed by atoms with Crippen molar-refractivity contribution < 1.29 is 9.53 Å². The van der Waals surface area contributed by atoms with Crippen molar-refractivity contribution in [2.24, 2.45) is 7.05 Å². The van der Waals surface area contributed by atoms with Gasteiger partial charge in [-0.2, -0.15) is 5.10 Å². The van der Waals surface area contributed by atoms with E-state index in [0.29, 0.717) is 24.0 Å².